The van der Waals surface area contributed by atoms with E-state index in [0.717, 1.165) is 5.52 Å². The second kappa shape index (κ2) is 5.70. The van der Waals surface area contributed by atoms with Gasteiger partial charge in [0.25, 0.3) is 0 Å². The van der Waals surface area contributed by atoms with Crippen molar-refractivity contribution in [2.24, 2.45) is 7.05 Å². The summed E-state index contributed by atoms with van der Waals surface area (Å²) >= 11 is 5.89. The van der Waals surface area contributed by atoms with E-state index in [-0.39, 0.29) is 0 Å². The molecule has 24 heavy (non-hydrogen) atoms. The van der Waals surface area contributed by atoms with Crippen LogP contribution in [-0.2, 0) is 12.7 Å². The topological polar surface area (TPSA) is 46.8 Å². The summed E-state index contributed by atoms with van der Waals surface area (Å²) < 4.78 is 17.1. The summed E-state index contributed by atoms with van der Waals surface area (Å²) in [6.45, 7) is 1.13. The van der Waals surface area contributed by atoms with Crippen LogP contribution in [0.15, 0.2) is 36.8 Å². The van der Waals surface area contributed by atoms with Crippen molar-refractivity contribution in [2.75, 3.05) is 18.0 Å². The van der Waals surface area contributed by atoms with Crippen molar-refractivity contribution >= 4 is 28.7 Å². The highest BCUT2D eigenvalue weighted by Crippen LogP contribution is 2.38. The van der Waals surface area contributed by atoms with Gasteiger partial charge in [0.05, 0.1) is 12.5 Å². The number of fused-ring (bicyclic) bond motifs is 1. The Morgan fingerprint density at radius 3 is 2.54 bits per heavy atom. The molecular weight excluding hydrogens is 329 g/mol. The normalized spacial score (nSPS) is 17.4. The maximum absolute atomic E-state index is 15.3. The number of alkyl halides is 1. The molecule has 0 aliphatic carbocycles. The Hall–Kier alpha value is -2.21. The maximum Gasteiger partial charge on any atom is 0.227 e. The molecule has 1 fully saturated rings. The van der Waals surface area contributed by atoms with Crippen LogP contribution in [0.3, 0.4) is 0 Å². The molecule has 2 aromatic heterocycles. The van der Waals surface area contributed by atoms with E-state index in [9.17, 15) is 0 Å². The second-order valence-electron chi connectivity index (χ2n) is 6.19. The number of halogens is 2. The molecule has 0 atom stereocenters. The van der Waals surface area contributed by atoms with Crippen molar-refractivity contribution in [3.05, 3.63) is 47.4 Å². The molecule has 0 amide bonds. The number of aromatic nitrogens is 4. The zero-order valence-corrected chi connectivity index (χ0v) is 14.0. The largest absolute Gasteiger partial charge is 0.341 e. The first kappa shape index (κ1) is 15.3. The molecule has 1 saturated heterocycles. The van der Waals surface area contributed by atoms with Crippen LogP contribution in [0.5, 0.6) is 0 Å². The summed E-state index contributed by atoms with van der Waals surface area (Å²) in [6.07, 6.45) is 4.28. The van der Waals surface area contributed by atoms with Gasteiger partial charge >= 0.3 is 0 Å². The van der Waals surface area contributed by atoms with Gasteiger partial charge in [-0.25, -0.2) is 14.4 Å². The minimum absolute atomic E-state index is 0.401. The fourth-order valence-corrected chi connectivity index (χ4v) is 3.28. The van der Waals surface area contributed by atoms with E-state index in [0.29, 0.717) is 48.1 Å². The number of piperidine rings is 1. The van der Waals surface area contributed by atoms with Gasteiger partial charge in [-0.1, -0.05) is 23.7 Å². The first-order chi connectivity index (χ1) is 11.5. The van der Waals surface area contributed by atoms with Gasteiger partial charge in [0.2, 0.25) is 5.95 Å². The van der Waals surface area contributed by atoms with Gasteiger partial charge in [0.1, 0.15) is 11.2 Å². The average molecular weight is 346 g/mol. The minimum atomic E-state index is -1.32. The van der Waals surface area contributed by atoms with Gasteiger partial charge in [-0.05, 0) is 17.7 Å². The Kier molecular flexibility index (Phi) is 3.64. The molecule has 3 heterocycles. The number of hydrogen-bond acceptors (Lipinski definition) is 4. The van der Waals surface area contributed by atoms with Crippen molar-refractivity contribution in [1.82, 2.24) is 19.5 Å². The maximum atomic E-state index is 15.3. The van der Waals surface area contributed by atoms with Crippen LogP contribution in [0.1, 0.15) is 18.4 Å². The van der Waals surface area contributed by atoms with E-state index in [1.165, 1.54) is 0 Å². The molecule has 4 rings (SSSR count). The highest BCUT2D eigenvalue weighted by atomic mass is 35.5. The summed E-state index contributed by atoms with van der Waals surface area (Å²) in [7, 11) is 1.91. The summed E-state index contributed by atoms with van der Waals surface area (Å²) in [5.74, 6) is 0.611. The smallest absolute Gasteiger partial charge is 0.227 e. The van der Waals surface area contributed by atoms with Gasteiger partial charge in [-0.3, -0.25) is 0 Å². The number of hydrogen-bond donors (Lipinski definition) is 0. The number of imidazole rings is 1. The summed E-state index contributed by atoms with van der Waals surface area (Å²) in [6, 6.07) is 7.02. The zero-order valence-electron chi connectivity index (χ0n) is 13.3. The van der Waals surface area contributed by atoms with Crippen molar-refractivity contribution < 1.29 is 4.39 Å². The van der Waals surface area contributed by atoms with E-state index in [1.807, 2.05) is 16.5 Å². The lowest BCUT2D eigenvalue weighted by Crippen LogP contribution is -2.41. The lowest BCUT2D eigenvalue weighted by atomic mass is 9.86. The summed E-state index contributed by atoms with van der Waals surface area (Å²) in [5, 5.41) is 0.622. The quantitative estimate of drug-likeness (QED) is 0.713. The van der Waals surface area contributed by atoms with Gasteiger partial charge < -0.3 is 9.47 Å². The van der Waals surface area contributed by atoms with Crippen molar-refractivity contribution in [3.63, 3.8) is 0 Å². The molecule has 0 bridgehead atoms. The Labute approximate surface area is 144 Å². The van der Waals surface area contributed by atoms with E-state index in [2.05, 4.69) is 15.0 Å². The van der Waals surface area contributed by atoms with Crippen LogP contribution in [0, 0.1) is 0 Å². The van der Waals surface area contributed by atoms with Gasteiger partial charge in [-0.15, -0.1) is 0 Å². The fraction of sp³-hybridized carbons (Fsp3) is 0.353. The Balaban J connectivity index is 1.53. The highest BCUT2D eigenvalue weighted by molar-refractivity contribution is 6.30. The first-order valence-corrected chi connectivity index (χ1v) is 8.27. The van der Waals surface area contributed by atoms with E-state index < -0.39 is 5.67 Å². The molecule has 1 aliphatic heterocycles. The molecule has 124 valence electrons. The predicted molar refractivity (Wildman–Crippen MR) is 92.0 cm³/mol. The van der Waals surface area contributed by atoms with Crippen LogP contribution in [0.2, 0.25) is 5.02 Å². The molecule has 0 N–H and O–H groups in total. The zero-order chi connectivity index (χ0) is 16.7. The fourth-order valence-electron chi connectivity index (χ4n) is 3.16. The lowest BCUT2D eigenvalue weighted by molar-refractivity contribution is 0.124. The SMILES string of the molecule is Cn1cnc2nc(N3CCC(F)(c4ccc(Cl)cc4)CC3)ncc21. The van der Waals surface area contributed by atoms with E-state index in [1.54, 1.807) is 36.8 Å². The molecular formula is C17H17ClFN5. The standard InChI is InChI=1S/C17H17ClFN5/c1-23-11-21-15-14(23)10-20-16(22-15)24-8-6-17(19,7-9-24)12-2-4-13(18)5-3-12/h2-5,10-11H,6-9H2,1H3. The number of aryl methyl sites for hydroxylation is 1. The lowest BCUT2D eigenvalue weighted by Gasteiger charge is -2.36. The van der Waals surface area contributed by atoms with Crippen LogP contribution in [0.25, 0.3) is 11.2 Å². The van der Waals surface area contributed by atoms with Crippen LogP contribution in [0.4, 0.5) is 10.3 Å². The molecule has 7 heteroatoms. The molecule has 3 aromatic rings. The predicted octanol–water partition coefficient (Wildman–Crippen LogP) is 3.48. The number of rotatable bonds is 2. The monoisotopic (exact) mass is 345 g/mol. The number of anilines is 1. The van der Waals surface area contributed by atoms with Crippen LogP contribution < -0.4 is 4.90 Å². The number of nitrogens with zero attached hydrogens (tertiary/aromatic N) is 5. The molecule has 0 spiro atoms. The first-order valence-electron chi connectivity index (χ1n) is 7.89. The second-order valence-corrected chi connectivity index (χ2v) is 6.63. The van der Waals surface area contributed by atoms with Crippen LogP contribution >= 0.6 is 11.6 Å². The minimum Gasteiger partial charge on any atom is -0.341 e. The third-order valence-corrected chi connectivity index (χ3v) is 4.92. The Morgan fingerprint density at radius 2 is 1.83 bits per heavy atom. The van der Waals surface area contributed by atoms with Gasteiger partial charge in [0, 0.05) is 38.0 Å². The van der Waals surface area contributed by atoms with Crippen LogP contribution in [-0.4, -0.2) is 32.6 Å². The van der Waals surface area contributed by atoms with Crippen molar-refractivity contribution in [2.45, 2.75) is 18.5 Å². The average Bonchev–Trinajstić information content (AvgIpc) is 2.97. The van der Waals surface area contributed by atoms with Crippen molar-refractivity contribution in [3.8, 4) is 0 Å². The molecule has 0 saturated carbocycles. The highest BCUT2D eigenvalue weighted by Gasteiger charge is 2.36. The summed E-state index contributed by atoms with van der Waals surface area (Å²) in [5.41, 5.74) is 0.914. The number of benzene rings is 1. The Morgan fingerprint density at radius 1 is 1.12 bits per heavy atom. The van der Waals surface area contributed by atoms with E-state index >= 15 is 4.39 Å². The molecule has 0 radical (unpaired) electrons. The van der Waals surface area contributed by atoms with E-state index in [4.69, 9.17) is 11.6 Å². The molecule has 0 unspecified atom stereocenters. The van der Waals surface area contributed by atoms with Gasteiger partial charge in [0.15, 0.2) is 5.65 Å². The molecule has 1 aliphatic rings. The van der Waals surface area contributed by atoms with Gasteiger partial charge in [-0.2, -0.15) is 4.98 Å². The van der Waals surface area contributed by atoms with Crippen molar-refractivity contribution in [1.29, 1.82) is 0 Å². The Bertz CT molecular complexity index is 868. The molecule has 5 nitrogen and oxygen atoms in total. The third-order valence-electron chi connectivity index (χ3n) is 4.67. The molecule has 1 aromatic carbocycles. The summed E-state index contributed by atoms with van der Waals surface area (Å²) in [4.78, 5) is 15.2. The third kappa shape index (κ3) is 2.60.